The summed E-state index contributed by atoms with van der Waals surface area (Å²) in [6.07, 6.45) is 0.485. The number of benzene rings is 1. The van der Waals surface area contributed by atoms with Gasteiger partial charge in [-0.05, 0) is 18.6 Å². The highest BCUT2D eigenvalue weighted by Gasteiger charge is 2.30. The van der Waals surface area contributed by atoms with Gasteiger partial charge in [0.25, 0.3) is 0 Å². The molecule has 1 saturated heterocycles. The number of hydrogen-bond donors (Lipinski definition) is 3. The largest absolute Gasteiger partial charge is 0.481 e. The van der Waals surface area contributed by atoms with E-state index < -0.39 is 11.9 Å². The zero-order valence-electron chi connectivity index (χ0n) is 12.7. The van der Waals surface area contributed by atoms with Crippen LogP contribution in [-0.4, -0.2) is 50.3 Å². The fraction of sp³-hybridized carbons (Fsp3) is 0.333. The summed E-state index contributed by atoms with van der Waals surface area (Å²) in [7, 11) is 0. The van der Waals surface area contributed by atoms with E-state index in [0.717, 1.165) is 10.0 Å². The molecule has 3 rings (SSSR count). The van der Waals surface area contributed by atoms with Gasteiger partial charge in [0.2, 0.25) is 0 Å². The SMILES string of the molecule is O=C(O)C1CCN(C(=O)NCc2nc(-c3ccc(Br)cc3)n[nH]2)C1. The number of amides is 2. The second-order valence-electron chi connectivity index (χ2n) is 5.54. The molecular weight excluding hydrogens is 378 g/mol. The fourth-order valence-corrected chi connectivity index (χ4v) is 2.78. The first-order chi connectivity index (χ1) is 11.5. The van der Waals surface area contributed by atoms with Crippen LogP contribution < -0.4 is 5.32 Å². The maximum Gasteiger partial charge on any atom is 0.317 e. The van der Waals surface area contributed by atoms with Crippen LogP contribution in [0.25, 0.3) is 11.4 Å². The van der Waals surface area contributed by atoms with Crippen LogP contribution in [0.1, 0.15) is 12.2 Å². The van der Waals surface area contributed by atoms with Gasteiger partial charge in [-0.1, -0.05) is 28.1 Å². The van der Waals surface area contributed by atoms with Gasteiger partial charge in [0.05, 0.1) is 12.5 Å². The third-order valence-electron chi connectivity index (χ3n) is 3.87. The van der Waals surface area contributed by atoms with E-state index in [2.05, 4.69) is 36.4 Å². The number of aromatic amines is 1. The number of nitrogens with zero attached hydrogens (tertiary/aromatic N) is 3. The molecule has 24 heavy (non-hydrogen) atoms. The molecule has 1 aliphatic rings. The van der Waals surface area contributed by atoms with Gasteiger partial charge in [-0.15, -0.1) is 0 Å². The fourth-order valence-electron chi connectivity index (χ4n) is 2.52. The Hall–Kier alpha value is -2.42. The molecule has 126 valence electrons. The van der Waals surface area contributed by atoms with Crippen molar-refractivity contribution in [2.45, 2.75) is 13.0 Å². The van der Waals surface area contributed by atoms with E-state index in [9.17, 15) is 9.59 Å². The van der Waals surface area contributed by atoms with Crippen molar-refractivity contribution < 1.29 is 14.7 Å². The number of carbonyl (C=O) groups is 2. The highest BCUT2D eigenvalue weighted by molar-refractivity contribution is 9.10. The van der Waals surface area contributed by atoms with Gasteiger partial charge in [0, 0.05) is 23.1 Å². The Morgan fingerprint density at radius 1 is 1.38 bits per heavy atom. The standard InChI is InChI=1S/C15H16BrN5O3/c16-11-3-1-9(2-4-11)13-18-12(19-20-13)7-17-15(24)21-6-5-10(8-21)14(22)23/h1-4,10H,5-8H2,(H,17,24)(H,22,23)(H,18,19,20). The van der Waals surface area contributed by atoms with E-state index in [1.165, 1.54) is 4.90 Å². The molecule has 9 heteroatoms. The van der Waals surface area contributed by atoms with Crippen LogP contribution in [0.15, 0.2) is 28.7 Å². The van der Waals surface area contributed by atoms with Crippen LogP contribution in [0.3, 0.4) is 0 Å². The van der Waals surface area contributed by atoms with Crippen LogP contribution in [0, 0.1) is 5.92 Å². The third-order valence-corrected chi connectivity index (χ3v) is 4.39. The third kappa shape index (κ3) is 3.73. The number of aromatic nitrogens is 3. The molecule has 2 amide bonds. The van der Waals surface area contributed by atoms with Crippen LogP contribution in [0.5, 0.6) is 0 Å². The zero-order valence-corrected chi connectivity index (χ0v) is 14.3. The summed E-state index contributed by atoms with van der Waals surface area (Å²) in [5, 5.41) is 18.6. The number of nitrogens with one attached hydrogen (secondary N) is 2. The van der Waals surface area contributed by atoms with Gasteiger partial charge in [-0.25, -0.2) is 9.78 Å². The summed E-state index contributed by atoms with van der Waals surface area (Å²) in [5.74, 6) is -0.251. The maximum absolute atomic E-state index is 12.1. The van der Waals surface area contributed by atoms with E-state index in [0.29, 0.717) is 24.6 Å². The lowest BCUT2D eigenvalue weighted by Crippen LogP contribution is -2.38. The van der Waals surface area contributed by atoms with E-state index in [4.69, 9.17) is 5.11 Å². The number of carboxylic acid groups (broad SMARTS) is 1. The predicted molar refractivity (Wildman–Crippen MR) is 89.1 cm³/mol. The second-order valence-corrected chi connectivity index (χ2v) is 6.46. The van der Waals surface area contributed by atoms with E-state index in [1.54, 1.807) is 0 Å². The number of likely N-dealkylation sites (tertiary alicyclic amines) is 1. The molecule has 1 atom stereocenters. The zero-order chi connectivity index (χ0) is 17.1. The lowest BCUT2D eigenvalue weighted by Gasteiger charge is -2.15. The van der Waals surface area contributed by atoms with Gasteiger partial charge < -0.3 is 15.3 Å². The Bertz CT molecular complexity index is 746. The summed E-state index contributed by atoms with van der Waals surface area (Å²) < 4.78 is 0.972. The van der Waals surface area contributed by atoms with Crippen LogP contribution in [0.4, 0.5) is 4.79 Å². The van der Waals surface area contributed by atoms with Crippen LogP contribution in [-0.2, 0) is 11.3 Å². The minimum absolute atomic E-state index is 0.205. The van der Waals surface area contributed by atoms with Crippen molar-refractivity contribution in [2.75, 3.05) is 13.1 Å². The van der Waals surface area contributed by atoms with Crippen molar-refractivity contribution >= 4 is 27.9 Å². The van der Waals surface area contributed by atoms with Gasteiger partial charge in [-0.3, -0.25) is 9.89 Å². The maximum atomic E-state index is 12.1. The Balaban J connectivity index is 1.55. The normalized spacial score (nSPS) is 17.0. The molecule has 1 aromatic carbocycles. The smallest absolute Gasteiger partial charge is 0.317 e. The molecule has 0 spiro atoms. The highest BCUT2D eigenvalue weighted by atomic mass is 79.9. The molecule has 3 N–H and O–H groups in total. The molecule has 2 heterocycles. The average Bonchev–Trinajstić information content (AvgIpc) is 3.23. The number of hydrogen-bond acceptors (Lipinski definition) is 4. The van der Waals surface area contributed by atoms with Gasteiger partial charge in [0.15, 0.2) is 5.82 Å². The number of carbonyl (C=O) groups excluding carboxylic acids is 1. The summed E-state index contributed by atoms with van der Waals surface area (Å²) in [6, 6.07) is 7.30. The van der Waals surface area contributed by atoms with E-state index >= 15 is 0 Å². The van der Waals surface area contributed by atoms with Crippen molar-refractivity contribution in [2.24, 2.45) is 5.92 Å². The van der Waals surface area contributed by atoms with E-state index in [-0.39, 0.29) is 19.1 Å². The Labute approximate surface area is 146 Å². The minimum Gasteiger partial charge on any atom is -0.481 e. The number of aliphatic carboxylic acids is 1. The second kappa shape index (κ2) is 7.00. The molecule has 1 aliphatic heterocycles. The van der Waals surface area contributed by atoms with Crippen LogP contribution >= 0.6 is 15.9 Å². The first-order valence-corrected chi connectivity index (χ1v) is 8.25. The molecule has 0 aliphatic carbocycles. The quantitative estimate of drug-likeness (QED) is 0.733. The number of carboxylic acids is 1. The highest BCUT2D eigenvalue weighted by Crippen LogP contribution is 2.18. The molecular formula is C15H16BrN5O3. The number of urea groups is 1. The molecule has 1 aromatic heterocycles. The lowest BCUT2D eigenvalue weighted by molar-refractivity contribution is -0.141. The number of rotatable bonds is 4. The van der Waals surface area contributed by atoms with Crippen molar-refractivity contribution in [3.63, 3.8) is 0 Å². The molecule has 2 aromatic rings. The molecule has 1 fully saturated rings. The summed E-state index contributed by atoms with van der Waals surface area (Å²) in [4.78, 5) is 28.8. The predicted octanol–water partition coefficient (Wildman–Crippen LogP) is 1.85. The van der Waals surface area contributed by atoms with Crippen molar-refractivity contribution in [1.82, 2.24) is 25.4 Å². The van der Waals surface area contributed by atoms with Gasteiger partial charge in [-0.2, -0.15) is 5.10 Å². The molecule has 8 nitrogen and oxygen atoms in total. The lowest BCUT2D eigenvalue weighted by atomic mass is 10.1. The summed E-state index contributed by atoms with van der Waals surface area (Å²) in [6.45, 7) is 0.891. The monoisotopic (exact) mass is 393 g/mol. The molecule has 0 bridgehead atoms. The molecule has 0 saturated carbocycles. The molecule has 1 unspecified atom stereocenters. The topological polar surface area (TPSA) is 111 Å². The first kappa shape index (κ1) is 16.4. The van der Waals surface area contributed by atoms with Gasteiger partial charge >= 0.3 is 12.0 Å². The Kier molecular flexibility index (Phi) is 4.79. The van der Waals surface area contributed by atoms with Crippen molar-refractivity contribution in [1.29, 1.82) is 0 Å². The first-order valence-electron chi connectivity index (χ1n) is 7.45. The Morgan fingerprint density at radius 3 is 2.79 bits per heavy atom. The average molecular weight is 394 g/mol. The summed E-state index contributed by atoms with van der Waals surface area (Å²) in [5.41, 5.74) is 0.871. The van der Waals surface area contributed by atoms with Crippen molar-refractivity contribution in [3.8, 4) is 11.4 Å². The van der Waals surface area contributed by atoms with E-state index in [1.807, 2.05) is 24.3 Å². The van der Waals surface area contributed by atoms with Gasteiger partial charge in [0.1, 0.15) is 5.82 Å². The summed E-state index contributed by atoms with van der Waals surface area (Å²) >= 11 is 3.37. The minimum atomic E-state index is -0.861. The number of halogens is 1. The number of H-pyrrole nitrogens is 1. The van der Waals surface area contributed by atoms with Crippen LogP contribution in [0.2, 0.25) is 0 Å². The molecule has 0 radical (unpaired) electrons. The Morgan fingerprint density at radius 2 is 2.12 bits per heavy atom. The van der Waals surface area contributed by atoms with Crippen molar-refractivity contribution in [3.05, 3.63) is 34.6 Å².